The Kier molecular flexibility index (Phi) is 89200. The molecule has 58 valence electrons. The second-order valence-electron chi connectivity index (χ2n) is 0. The van der Waals surface area contributed by atoms with E-state index in [9.17, 15) is 0 Å². The first kappa shape index (κ1) is 124. The van der Waals surface area contributed by atoms with Crippen LogP contribution >= 0.6 is 0 Å². The van der Waals surface area contributed by atoms with Crippen LogP contribution in [-0.4, -0.2) is 13.6 Å². The first-order chi connectivity index (χ1) is 2.00. The van der Waals surface area contributed by atoms with Crippen molar-refractivity contribution in [2.75, 3.05) is 0 Å². The number of carbonyl (C=O) groups excluding carboxylic acids is 2. The Hall–Kier alpha value is 0.259. The summed E-state index contributed by atoms with van der Waals surface area (Å²) in [5.74, 6) is 0. The van der Waals surface area contributed by atoms with Gasteiger partial charge in [0.2, 0.25) is 0 Å². The van der Waals surface area contributed by atoms with Crippen LogP contribution in [-0.2, 0) is 60.2 Å². The summed E-state index contributed by atoms with van der Waals surface area (Å²) in [6, 6.07) is 0. The molecule has 0 heterocycles. The van der Waals surface area contributed by atoms with Crippen LogP contribution in [0.3, 0.4) is 0 Å². The number of carbonyl (C=O) groups is 2. The molecule has 9 heavy (non-hydrogen) atoms. The zero-order valence-electron chi connectivity index (χ0n) is 4.16. The van der Waals surface area contributed by atoms with Crippen molar-refractivity contribution >= 4 is 13.6 Å². The van der Waals surface area contributed by atoms with Crippen LogP contribution in [0.15, 0.2) is 0 Å². The average molecular weight is 220 g/mol. The third kappa shape index (κ3) is 4820. The molecule has 0 amide bonds. The minimum absolute atomic E-state index is 0. The van der Waals surface area contributed by atoms with Crippen molar-refractivity contribution in [1.82, 2.24) is 0 Å². The average Bonchev–Trinajstić information content (AvgIpc) is 1.50. The van der Waals surface area contributed by atoms with E-state index in [-0.39, 0.29) is 50.6 Å². The van der Waals surface area contributed by atoms with E-state index in [0.717, 1.165) is 0 Å². The molecule has 0 aliphatic rings. The Morgan fingerprint density at radius 1 is 0.556 bits per heavy atom. The van der Waals surface area contributed by atoms with Gasteiger partial charge in [0.05, 0.1) is 0 Å². The van der Waals surface area contributed by atoms with E-state index in [0.29, 0.717) is 0 Å². The van der Waals surface area contributed by atoms with Crippen molar-refractivity contribution in [3.63, 3.8) is 0 Å². The molecule has 0 saturated carbocycles. The molecule has 0 bridgehead atoms. The van der Waals surface area contributed by atoms with Gasteiger partial charge in [-0.3, -0.25) is 0 Å². The molecular formula is C2H4Fe2O5. The largest absolute Gasteiger partial charge is 3.00 e. The van der Waals surface area contributed by atoms with Crippen LogP contribution in [0, 0.1) is 0 Å². The molecule has 0 aromatic heterocycles. The fourth-order valence-electron chi connectivity index (χ4n) is 0. The molecule has 0 aliphatic carbocycles. The van der Waals surface area contributed by atoms with Crippen LogP contribution in [0.5, 0.6) is 0 Å². The standard InChI is InChI=1S/2CH2O.2Fe.3O/c2*1-2;;;;;/h2*1H2;;;;;/q;;2*+3;3*-2. The summed E-state index contributed by atoms with van der Waals surface area (Å²) in [5.41, 5.74) is 0. The molecule has 2 radical (unpaired) electrons. The molecule has 0 fully saturated rings. The summed E-state index contributed by atoms with van der Waals surface area (Å²) >= 11 is 0. The van der Waals surface area contributed by atoms with E-state index in [4.69, 9.17) is 9.59 Å². The predicted molar refractivity (Wildman–Crippen MR) is 16.3 cm³/mol. The second kappa shape index (κ2) is 6490. The molecule has 0 atom stereocenters. The number of hydrogen-bond donors (Lipinski definition) is 0. The summed E-state index contributed by atoms with van der Waals surface area (Å²) in [5, 5.41) is 0. The van der Waals surface area contributed by atoms with Gasteiger partial charge in [-0.15, -0.1) is 0 Å². The predicted octanol–water partition coefficient (Wildman–Crippen LogP) is -0.731. The molecule has 0 saturated heterocycles. The van der Waals surface area contributed by atoms with Crippen LogP contribution in [0.4, 0.5) is 0 Å². The van der Waals surface area contributed by atoms with Gasteiger partial charge < -0.3 is 26.0 Å². The smallest absolute Gasteiger partial charge is 2.00 e. The van der Waals surface area contributed by atoms with E-state index in [2.05, 4.69) is 0 Å². The van der Waals surface area contributed by atoms with E-state index in [1.165, 1.54) is 0 Å². The number of hydrogen-bond acceptors (Lipinski definition) is 2. The van der Waals surface area contributed by atoms with E-state index in [1.54, 1.807) is 0 Å². The van der Waals surface area contributed by atoms with Gasteiger partial charge in [0.1, 0.15) is 13.6 Å². The van der Waals surface area contributed by atoms with E-state index >= 15 is 0 Å². The van der Waals surface area contributed by atoms with Gasteiger partial charge in [0.15, 0.2) is 0 Å². The van der Waals surface area contributed by atoms with Gasteiger partial charge in [-0.2, -0.15) is 0 Å². The van der Waals surface area contributed by atoms with Crippen LogP contribution < -0.4 is 0 Å². The molecular weight excluding hydrogens is 216 g/mol. The Labute approximate surface area is 74.1 Å². The molecule has 0 aromatic carbocycles. The van der Waals surface area contributed by atoms with Gasteiger partial charge in [0, 0.05) is 0 Å². The van der Waals surface area contributed by atoms with Gasteiger partial charge in [-0.1, -0.05) is 0 Å². The molecule has 0 unspecified atom stereocenters. The normalized spacial score (nSPS) is 0.889. The zero-order chi connectivity index (χ0) is 4.00. The molecule has 7 heteroatoms. The summed E-state index contributed by atoms with van der Waals surface area (Å²) in [7, 11) is 0. The first-order valence-corrected chi connectivity index (χ1v) is 0.577. The number of rotatable bonds is 0. The third-order valence-electron chi connectivity index (χ3n) is 0. The van der Waals surface area contributed by atoms with Crippen LogP contribution in [0.2, 0.25) is 0 Å². The molecule has 5 nitrogen and oxygen atoms in total. The van der Waals surface area contributed by atoms with E-state index in [1.807, 2.05) is 13.6 Å². The van der Waals surface area contributed by atoms with Gasteiger partial charge in [-0.05, 0) is 0 Å². The maximum absolute atomic E-state index is 8.00. The minimum Gasteiger partial charge on any atom is -2.00 e. The fraction of sp³-hybridized carbons (Fsp3) is 0. The van der Waals surface area contributed by atoms with Crippen molar-refractivity contribution < 1.29 is 60.2 Å². The zero-order valence-corrected chi connectivity index (χ0v) is 6.37. The maximum Gasteiger partial charge on any atom is 3.00 e. The molecule has 0 spiro atoms. The second-order valence-corrected chi connectivity index (χ2v) is 0. The maximum atomic E-state index is 8.00. The van der Waals surface area contributed by atoms with Crippen LogP contribution in [0.25, 0.3) is 0 Å². The summed E-state index contributed by atoms with van der Waals surface area (Å²) in [6.45, 7) is 4.00. The molecule has 0 aliphatic heterocycles. The summed E-state index contributed by atoms with van der Waals surface area (Å²) < 4.78 is 0. The van der Waals surface area contributed by atoms with Crippen molar-refractivity contribution in [3.8, 4) is 0 Å². The van der Waals surface area contributed by atoms with Crippen molar-refractivity contribution in [2.45, 2.75) is 0 Å². The van der Waals surface area contributed by atoms with Gasteiger partial charge in [0.25, 0.3) is 0 Å². The van der Waals surface area contributed by atoms with Crippen LogP contribution in [0.1, 0.15) is 0 Å². The van der Waals surface area contributed by atoms with Crippen molar-refractivity contribution in [2.24, 2.45) is 0 Å². The molecule has 0 aromatic rings. The Morgan fingerprint density at radius 2 is 0.556 bits per heavy atom. The summed E-state index contributed by atoms with van der Waals surface area (Å²) in [6.07, 6.45) is 0. The summed E-state index contributed by atoms with van der Waals surface area (Å²) in [4.78, 5) is 16.0. The third-order valence-corrected chi connectivity index (χ3v) is 0. The van der Waals surface area contributed by atoms with Crippen molar-refractivity contribution in [3.05, 3.63) is 0 Å². The topological polar surface area (TPSA) is 120 Å². The van der Waals surface area contributed by atoms with Crippen molar-refractivity contribution in [1.29, 1.82) is 0 Å². The SMILES string of the molecule is C=O.C=O.[Fe+3].[Fe+3].[O-2].[O-2].[O-2]. The fourth-order valence-corrected chi connectivity index (χ4v) is 0. The first-order valence-electron chi connectivity index (χ1n) is 0.577. The Morgan fingerprint density at radius 3 is 0.556 bits per heavy atom. The molecule has 0 rings (SSSR count). The monoisotopic (exact) mass is 220 g/mol. The minimum atomic E-state index is 0. The Balaban J connectivity index is -0.00000000114. The van der Waals surface area contributed by atoms with E-state index < -0.39 is 0 Å². The molecule has 0 N–H and O–H groups in total. The quantitative estimate of drug-likeness (QED) is 0.499. The Bertz CT molecular complexity index is 14.9. The van der Waals surface area contributed by atoms with Gasteiger partial charge >= 0.3 is 34.1 Å². The van der Waals surface area contributed by atoms with Gasteiger partial charge in [-0.25, -0.2) is 0 Å².